The highest BCUT2D eigenvalue weighted by molar-refractivity contribution is 6.37. The number of esters is 1. The molecule has 0 atom stereocenters. The molecule has 0 heterocycles. The second-order valence-electron chi connectivity index (χ2n) is 5.61. The highest BCUT2D eigenvalue weighted by Gasteiger charge is 2.49. The fourth-order valence-corrected chi connectivity index (χ4v) is 2.49. The van der Waals surface area contributed by atoms with E-state index in [1.54, 1.807) is 31.2 Å². The van der Waals surface area contributed by atoms with Crippen LogP contribution in [0.2, 0.25) is 0 Å². The molecule has 0 spiro atoms. The Morgan fingerprint density at radius 1 is 1.04 bits per heavy atom. The van der Waals surface area contributed by atoms with E-state index in [4.69, 9.17) is 4.74 Å². The maximum atomic E-state index is 12.2. The number of hydrogen-bond acceptors (Lipinski definition) is 3. The Labute approximate surface area is 141 Å². The molecule has 0 amide bonds. The molecule has 124 valence electrons. The van der Waals surface area contributed by atoms with Gasteiger partial charge < -0.3 is 15.4 Å². The van der Waals surface area contributed by atoms with Crippen molar-refractivity contribution in [3.63, 3.8) is 0 Å². The van der Waals surface area contributed by atoms with Gasteiger partial charge in [-0.05, 0) is 20.8 Å². The number of aryl methyl sites for hydroxylation is 2. The lowest BCUT2D eigenvalue weighted by molar-refractivity contribution is -0.142. The SMILES string of the molecule is CCOC(=O)C(=[N+]=[N-])C(O)(c1ccc(C)cc1)c1ccc(C)cc1. The van der Waals surface area contributed by atoms with Crippen molar-refractivity contribution in [1.29, 1.82) is 0 Å². The van der Waals surface area contributed by atoms with Gasteiger partial charge in [0.2, 0.25) is 5.60 Å². The minimum Gasteiger partial charge on any atom is -0.457 e. The summed E-state index contributed by atoms with van der Waals surface area (Å²) in [5, 5.41) is 11.4. The van der Waals surface area contributed by atoms with Crippen molar-refractivity contribution in [3.8, 4) is 0 Å². The van der Waals surface area contributed by atoms with Gasteiger partial charge in [0.15, 0.2) is 0 Å². The molecule has 0 bridgehead atoms. The number of nitrogens with zero attached hydrogens (tertiary/aromatic N) is 2. The molecular formula is C19H20N2O3. The first-order chi connectivity index (χ1) is 11.4. The number of carbonyl (C=O) groups excluding carboxylic acids is 1. The number of rotatable bonds is 5. The van der Waals surface area contributed by atoms with Gasteiger partial charge in [0.25, 0.3) is 0 Å². The molecule has 2 aromatic carbocycles. The van der Waals surface area contributed by atoms with Crippen LogP contribution >= 0.6 is 0 Å². The lowest BCUT2D eigenvalue weighted by Crippen LogP contribution is -2.43. The molecule has 2 aromatic rings. The molecule has 0 aromatic heterocycles. The van der Waals surface area contributed by atoms with Crippen LogP contribution < -0.4 is 0 Å². The molecular weight excluding hydrogens is 304 g/mol. The molecule has 0 unspecified atom stereocenters. The Balaban J connectivity index is 2.68. The van der Waals surface area contributed by atoms with Gasteiger partial charge in [0.1, 0.15) is 0 Å². The summed E-state index contributed by atoms with van der Waals surface area (Å²) in [6.45, 7) is 5.58. The van der Waals surface area contributed by atoms with Crippen molar-refractivity contribution in [1.82, 2.24) is 0 Å². The van der Waals surface area contributed by atoms with Crippen LogP contribution in [0.3, 0.4) is 0 Å². The summed E-state index contributed by atoms with van der Waals surface area (Å²) in [6, 6.07) is 14.0. The van der Waals surface area contributed by atoms with E-state index in [2.05, 4.69) is 4.79 Å². The highest BCUT2D eigenvalue weighted by atomic mass is 16.5. The van der Waals surface area contributed by atoms with Gasteiger partial charge in [0.05, 0.1) is 6.61 Å². The van der Waals surface area contributed by atoms with E-state index in [-0.39, 0.29) is 6.61 Å². The highest BCUT2D eigenvalue weighted by Crippen LogP contribution is 2.31. The number of carbonyl (C=O) groups is 1. The minimum atomic E-state index is -1.91. The van der Waals surface area contributed by atoms with E-state index in [0.717, 1.165) is 11.1 Å². The van der Waals surface area contributed by atoms with Crippen molar-refractivity contribution in [2.45, 2.75) is 26.4 Å². The van der Waals surface area contributed by atoms with Gasteiger partial charge in [-0.25, -0.2) is 4.79 Å². The van der Waals surface area contributed by atoms with Crippen molar-refractivity contribution in [3.05, 3.63) is 76.3 Å². The lowest BCUT2D eigenvalue weighted by atomic mass is 9.81. The van der Waals surface area contributed by atoms with E-state index >= 15 is 0 Å². The van der Waals surface area contributed by atoms with Gasteiger partial charge in [-0.1, -0.05) is 59.7 Å². The molecule has 0 fully saturated rings. The lowest BCUT2D eigenvalue weighted by Gasteiger charge is -2.24. The largest absolute Gasteiger partial charge is 0.457 e. The van der Waals surface area contributed by atoms with Gasteiger partial charge >= 0.3 is 11.7 Å². The third-order valence-electron chi connectivity index (χ3n) is 3.85. The molecule has 5 nitrogen and oxygen atoms in total. The van der Waals surface area contributed by atoms with Crippen LogP contribution in [0.25, 0.3) is 5.53 Å². The second-order valence-corrected chi connectivity index (χ2v) is 5.61. The third kappa shape index (κ3) is 3.27. The smallest absolute Gasteiger partial charge is 0.421 e. The molecule has 0 aliphatic rings. The zero-order chi connectivity index (χ0) is 17.7. The van der Waals surface area contributed by atoms with Gasteiger partial charge in [0, 0.05) is 11.1 Å². The van der Waals surface area contributed by atoms with Crippen LogP contribution in [0.15, 0.2) is 48.5 Å². The van der Waals surface area contributed by atoms with Crippen LogP contribution in [0.5, 0.6) is 0 Å². The van der Waals surface area contributed by atoms with Gasteiger partial charge in [-0.2, -0.15) is 4.79 Å². The first kappa shape index (κ1) is 17.6. The number of ether oxygens (including phenoxy) is 1. The van der Waals surface area contributed by atoms with Crippen molar-refractivity contribution in [2.24, 2.45) is 0 Å². The van der Waals surface area contributed by atoms with Crippen LogP contribution in [0, 0.1) is 13.8 Å². The Morgan fingerprint density at radius 3 is 1.79 bits per heavy atom. The normalized spacial score (nSPS) is 10.8. The van der Waals surface area contributed by atoms with E-state index in [9.17, 15) is 15.4 Å². The number of hydrogen-bond donors (Lipinski definition) is 1. The molecule has 0 aliphatic heterocycles. The zero-order valence-corrected chi connectivity index (χ0v) is 14.0. The summed E-state index contributed by atoms with van der Waals surface area (Å²) in [4.78, 5) is 15.3. The predicted molar refractivity (Wildman–Crippen MR) is 90.6 cm³/mol. The summed E-state index contributed by atoms with van der Waals surface area (Å²) in [5.74, 6) is -0.872. The van der Waals surface area contributed by atoms with Crippen molar-refractivity contribution >= 4 is 11.7 Å². The van der Waals surface area contributed by atoms with Gasteiger partial charge in [-0.15, -0.1) is 0 Å². The van der Waals surface area contributed by atoms with Crippen LogP contribution in [0.1, 0.15) is 29.2 Å². The van der Waals surface area contributed by atoms with Crippen LogP contribution in [0.4, 0.5) is 0 Å². The predicted octanol–water partition coefficient (Wildman–Crippen LogP) is 2.77. The first-order valence-electron chi connectivity index (χ1n) is 7.69. The van der Waals surface area contributed by atoms with E-state index in [1.165, 1.54) is 0 Å². The fraction of sp³-hybridized carbons (Fsp3) is 0.263. The molecule has 0 saturated heterocycles. The maximum absolute atomic E-state index is 12.2. The summed E-state index contributed by atoms with van der Waals surface area (Å²) < 4.78 is 4.94. The molecule has 0 saturated carbocycles. The van der Waals surface area contributed by atoms with Gasteiger partial charge in [-0.3, -0.25) is 0 Å². The van der Waals surface area contributed by atoms with Crippen molar-refractivity contribution < 1.29 is 19.4 Å². The summed E-state index contributed by atoms with van der Waals surface area (Å²) >= 11 is 0. The minimum absolute atomic E-state index is 0.107. The quantitative estimate of drug-likeness (QED) is 0.397. The second kappa shape index (κ2) is 7.21. The third-order valence-corrected chi connectivity index (χ3v) is 3.85. The number of aliphatic hydroxyl groups is 1. The summed E-state index contributed by atoms with van der Waals surface area (Å²) in [7, 11) is 0. The molecule has 24 heavy (non-hydrogen) atoms. The van der Waals surface area contributed by atoms with E-state index in [0.29, 0.717) is 11.1 Å². The fourth-order valence-electron chi connectivity index (χ4n) is 2.49. The average Bonchev–Trinajstić information content (AvgIpc) is 2.56. The van der Waals surface area contributed by atoms with E-state index in [1.807, 2.05) is 38.1 Å². The Bertz CT molecular complexity index is 728. The van der Waals surface area contributed by atoms with Crippen molar-refractivity contribution in [2.75, 3.05) is 6.61 Å². The maximum Gasteiger partial charge on any atom is 0.421 e. The molecule has 5 heteroatoms. The summed E-state index contributed by atoms with van der Waals surface area (Å²) in [6.07, 6.45) is 0. The van der Waals surface area contributed by atoms with Crippen LogP contribution in [-0.4, -0.2) is 28.2 Å². The number of benzene rings is 2. The molecule has 0 radical (unpaired) electrons. The molecule has 2 rings (SSSR count). The summed E-state index contributed by atoms with van der Waals surface area (Å²) in [5.41, 5.74) is 9.86. The molecule has 0 aliphatic carbocycles. The standard InChI is InChI=1S/C19H20N2O3/c1-4-24-18(22)17(21-20)19(23,15-9-5-13(2)6-10-15)16-11-7-14(3)8-12-16/h5-12,23H,4H2,1-3H3. The monoisotopic (exact) mass is 324 g/mol. The van der Waals surface area contributed by atoms with E-state index < -0.39 is 17.3 Å². The topological polar surface area (TPSA) is 82.9 Å². The van der Waals surface area contributed by atoms with Crippen LogP contribution in [-0.2, 0) is 15.1 Å². The molecule has 1 N–H and O–H groups in total. The zero-order valence-electron chi connectivity index (χ0n) is 14.0. The Hall–Kier alpha value is -2.75. The Morgan fingerprint density at radius 2 is 1.46 bits per heavy atom. The average molecular weight is 324 g/mol. The first-order valence-corrected chi connectivity index (χ1v) is 7.69. The Kier molecular flexibility index (Phi) is 5.29.